The first kappa shape index (κ1) is 14.9. The minimum atomic E-state index is -0.996. The van der Waals surface area contributed by atoms with Crippen LogP contribution in [0.2, 0.25) is 0 Å². The molecule has 0 aromatic heterocycles. The van der Waals surface area contributed by atoms with Crippen molar-refractivity contribution in [3.05, 3.63) is 41.2 Å². The van der Waals surface area contributed by atoms with E-state index in [0.29, 0.717) is 6.42 Å². The highest BCUT2D eigenvalue weighted by Crippen LogP contribution is 2.17. The minimum Gasteiger partial charge on any atom is -0.489 e. The van der Waals surface area contributed by atoms with Gasteiger partial charge in [-0.2, -0.15) is 0 Å². The topological polar surface area (TPSA) is 63.6 Å². The molecule has 0 aliphatic heterocycles. The summed E-state index contributed by atoms with van der Waals surface area (Å²) in [5, 5.41) is 8.79. The molecule has 1 N–H and O–H groups in total. The fraction of sp³-hybridized carbons (Fsp3) is 0.286. The largest absolute Gasteiger partial charge is 0.489 e. The smallest absolute Gasteiger partial charge is 0.331 e. The Balaban J connectivity index is 2.72. The van der Waals surface area contributed by atoms with E-state index in [-0.39, 0.29) is 29.3 Å². The molecule has 0 atom stereocenters. The van der Waals surface area contributed by atoms with Crippen LogP contribution in [0.25, 0.3) is 0 Å². The van der Waals surface area contributed by atoms with E-state index in [1.54, 1.807) is 6.92 Å². The molecule has 102 valence electrons. The first-order valence-corrected chi connectivity index (χ1v) is 5.81. The number of carbonyl (C=O) groups is 2. The van der Waals surface area contributed by atoms with Crippen LogP contribution in [0, 0.1) is 5.82 Å². The number of hydrogen-bond acceptors (Lipinski definition) is 3. The van der Waals surface area contributed by atoms with E-state index in [9.17, 15) is 14.0 Å². The molecule has 1 rings (SSSR count). The number of benzene rings is 1. The summed E-state index contributed by atoms with van der Waals surface area (Å²) in [5.41, 5.74) is 0.239. The number of halogens is 1. The van der Waals surface area contributed by atoms with E-state index in [1.165, 1.54) is 25.1 Å². The third kappa shape index (κ3) is 4.21. The van der Waals surface area contributed by atoms with Crippen LogP contribution < -0.4 is 4.74 Å². The summed E-state index contributed by atoms with van der Waals surface area (Å²) in [6.07, 6.45) is 1.81. The van der Waals surface area contributed by atoms with Gasteiger partial charge in [0.25, 0.3) is 0 Å². The van der Waals surface area contributed by atoms with Crippen LogP contribution in [-0.2, 0) is 4.79 Å². The quantitative estimate of drug-likeness (QED) is 0.635. The van der Waals surface area contributed by atoms with Crippen LogP contribution in [0.4, 0.5) is 4.39 Å². The average molecular weight is 266 g/mol. The Morgan fingerprint density at radius 3 is 2.58 bits per heavy atom. The Labute approximate surface area is 110 Å². The molecule has 0 amide bonds. The van der Waals surface area contributed by atoms with E-state index in [4.69, 9.17) is 9.84 Å². The van der Waals surface area contributed by atoms with Gasteiger partial charge < -0.3 is 9.84 Å². The van der Waals surface area contributed by atoms with Gasteiger partial charge in [0.15, 0.2) is 5.78 Å². The Bertz CT molecular complexity index is 520. The number of rotatable bonds is 6. The highest BCUT2D eigenvalue weighted by Gasteiger charge is 2.08. The number of ether oxygens (including phenoxy) is 1. The van der Waals surface area contributed by atoms with Crippen LogP contribution in [0.15, 0.2) is 29.8 Å². The summed E-state index contributed by atoms with van der Waals surface area (Å²) < 4.78 is 18.7. The summed E-state index contributed by atoms with van der Waals surface area (Å²) in [6.45, 7) is 3.04. The number of hydrogen-bond donors (Lipinski definition) is 1. The van der Waals surface area contributed by atoms with Crippen molar-refractivity contribution in [2.75, 3.05) is 6.61 Å². The molecule has 1 aromatic rings. The third-order valence-corrected chi connectivity index (χ3v) is 2.56. The molecular formula is C14H15FO4. The molecule has 0 bridgehead atoms. The van der Waals surface area contributed by atoms with Crippen molar-refractivity contribution in [2.24, 2.45) is 0 Å². The highest BCUT2D eigenvalue weighted by atomic mass is 19.1. The SMILES string of the molecule is CC/C(=C/COc1ccc(C(C)=O)c(F)c1)C(=O)O. The molecule has 5 heteroatoms. The lowest BCUT2D eigenvalue weighted by Crippen LogP contribution is -2.03. The molecule has 0 aliphatic carbocycles. The number of ketones is 1. The number of carboxylic acids is 1. The molecule has 0 radical (unpaired) electrons. The van der Waals surface area contributed by atoms with Gasteiger partial charge in [-0.15, -0.1) is 0 Å². The summed E-state index contributed by atoms with van der Waals surface area (Å²) >= 11 is 0. The lowest BCUT2D eigenvalue weighted by molar-refractivity contribution is -0.132. The number of carboxylic acid groups (broad SMARTS) is 1. The molecule has 0 unspecified atom stereocenters. The Morgan fingerprint density at radius 2 is 2.11 bits per heavy atom. The molecule has 1 aromatic carbocycles. The zero-order chi connectivity index (χ0) is 14.4. The van der Waals surface area contributed by atoms with E-state index in [0.717, 1.165) is 6.07 Å². The van der Waals surface area contributed by atoms with Crippen molar-refractivity contribution >= 4 is 11.8 Å². The standard InChI is InChI=1S/C14H15FO4/c1-3-10(14(17)18)6-7-19-11-4-5-12(9(2)16)13(15)8-11/h4-6,8H,3,7H2,1-2H3,(H,17,18)/b10-6-. The monoisotopic (exact) mass is 266 g/mol. The van der Waals surface area contributed by atoms with E-state index in [2.05, 4.69) is 0 Å². The Kier molecular flexibility index (Phi) is 5.23. The second-order valence-electron chi connectivity index (χ2n) is 3.90. The van der Waals surface area contributed by atoms with Gasteiger partial charge in [-0.05, 0) is 31.6 Å². The molecule has 0 fully saturated rings. The van der Waals surface area contributed by atoms with Gasteiger partial charge in [0.05, 0.1) is 5.56 Å². The summed E-state index contributed by atoms with van der Waals surface area (Å²) in [4.78, 5) is 21.8. The fourth-order valence-corrected chi connectivity index (χ4v) is 1.49. The number of aliphatic carboxylic acids is 1. The van der Waals surface area contributed by atoms with Crippen LogP contribution in [-0.4, -0.2) is 23.5 Å². The maximum Gasteiger partial charge on any atom is 0.331 e. The van der Waals surface area contributed by atoms with Gasteiger partial charge >= 0.3 is 5.97 Å². The number of carbonyl (C=O) groups excluding carboxylic acids is 1. The fourth-order valence-electron chi connectivity index (χ4n) is 1.49. The third-order valence-electron chi connectivity index (χ3n) is 2.56. The zero-order valence-corrected chi connectivity index (χ0v) is 10.8. The van der Waals surface area contributed by atoms with Crippen LogP contribution >= 0.6 is 0 Å². The highest BCUT2D eigenvalue weighted by molar-refractivity contribution is 5.94. The van der Waals surface area contributed by atoms with Crippen molar-refractivity contribution in [3.8, 4) is 5.75 Å². The van der Waals surface area contributed by atoms with Crippen molar-refractivity contribution in [1.29, 1.82) is 0 Å². The van der Waals surface area contributed by atoms with Crippen molar-refractivity contribution in [2.45, 2.75) is 20.3 Å². The molecular weight excluding hydrogens is 251 g/mol. The first-order chi connectivity index (χ1) is 8.95. The molecule has 0 spiro atoms. The summed E-state index contributed by atoms with van der Waals surface area (Å²) in [5.74, 6) is -1.75. The second-order valence-corrected chi connectivity index (χ2v) is 3.90. The maximum absolute atomic E-state index is 13.5. The van der Waals surface area contributed by atoms with E-state index < -0.39 is 11.8 Å². The molecule has 0 saturated carbocycles. The van der Waals surface area contributed by atoms with E-state index >= 15 is 0 Å². The van der Waals surface area contributed by atoms with Gasteiger partial charge in [-0.25, -0.2) is 9.18 Å². The predicted octanol–water partition coefficient (Wildman–Crippen LogP) is 2.83. The number of Topliss-reactive ketones (excluding diaryl/α,β-unsaturated/α-hetero) is 1. The molecule has 19 heavy (non-hydrogen) atoms. The predicted molar refractivity (Wildman–Crippen MR) is 67.9 cm³/mol. The minimum absolute atomic E-state index is 0.00248. The van der Waals surface area contributed by atoms with Gasteiger partial charge in [0.1, 0.15) is 18.2 Å². The summed E-state index contributed by atoms with van der Waals surface area (Å²) in [6, 6.07) is 3.92. The zero-order valence-electron chi connectivity index (χ0n) is 10.8. The summed E-state index contributed by atoms with van der Waals surface area (Å²) in [7, 11) is 0. The normalized spacial score (nSPS) is 11.2. The lowest BCUT2D eigenvalue weighted by atomic mass is 10.1. The second kappa shape index (κ2) is 6.68. The van der Waals surface area contributed by atoms with Crippen LogP contribution in [0.3, 0.4) is 0 Å². The van der Waals surface area contributed by atoms with Gasteiger partial charge in [0.2, 0.25) is 0 Å². The van der Waals surface area contributed by atoms with E-state index in [1.807, 2.05) is 0 Å². The Morgan fingerprint density at radius 1 is 1.42 bits per heavy atom. The molecule has 4 nitrogen and oxygen atoms in total. The van der Waals surface area contributed by atoms with Gasteiger partial charge in [0, 0.05) is 11.6 Å². The first-order valence-electron chi connectivity index (χ1n) is 5.81. The molecule has 0 heterocycles. The van der Waals surface area contributed by atoms with Crippen LogP contribution in [0.1, 0.15) is 30.6 Å². The van der Waals surface area contributed by atoms with Gasteiger partial charge in [-0.3, -0.25) is 4.79 Å². The average Bonchev–Trinajstić information content (AvgIpc) is 2.33. The van der Waals surface area contributed by atoms with Crippen molar-refractivity contribution in [3.63, 3.8) is 0 Å². The molecule has 0 saturated heterocycles. The van der Waals surface area contributed by atoms with Crippen molar-refractivity contribution in [1.82, 2.24) is 0 Å². The molecule has 0 aliphatic rings. The maximum atomic E-state index is 13.5. The lowest BCUT2D eigenvalue weighted by Gasteiger charge is -2.06. The van der Waals surface area contributed by atoms with Gasteiger partial charge in [-0.1, -0.05) is 6.92 Å². The van der Waals surface area contributed by atoms with Crippen LogP contribution in [0.5, 0.6) is 5.75 Å². The Hall–Kier alpha value is -2.17. The van der Waals surface area contributed by atoms with Crippen molar-refractivity contribution < 1.29 is 23.8 Å².